The van der Waals surface area contributed by atoms with Gasteiger partial charge in [-0.05, 0) is 0 Å². The number of aliphatic hydroxyl groups is 4. The van der Waals surface area contributed by atoms with Gasteiger partial charge in [0.25, 0.3) is 0 Å². The van der Waals surface area contributed by atoms with Crippen LogP contribution < -0.4 is 0 Å². The van der Waals surface area contributed by atoms with E-state index in [0.717, 1.165) is 0 Å². The summed E-state index contributed by atoms with van der Waals surface area (Å²) < 4.78 is 37.2. The highest BCUT2D eigenvalue weighted by Crippen LogP contribution is 2.20. The van der Waals surface area contributed by atoms with E-state index in [-0.39, 0.29) is 0 Å². The number of ether oxygens (including phenoxy) is 1. The monoisotopic (exact) mass is 260 g/mol. The SMILES string of the molecule is O=S(=O)(O)OC[C@H]1O[C@H](O)[C@@H](O)[C@@H](O)[C@@H]1O. The second-order valence-electron chi connectivity index (χ2n) is 3.25. The van der Waals surface area contributed by atoms with Crippen molar-refractivity contribution in [3.8, 4) is 0 Å². The quantitative estimate of drug-likeness (QED) is 0.327. The molecule has 0 saturated carbocycles. The first-order valence-electron chi connectivity index (χ1n) is 4.22. The van der Waals surface area contributed by atoms with Crippen molar-refractivity contribution in [3.05, 3.63) is 0 Å². The first kappa shape index (κ1) is 13.7. The van der Waals surface area contributed by atoms with Crippen molar-refractivity contribution in [1.29, 1.82) is 0 Å². The molecule has 0 aromatic carbocycles. The topological polar surface area (TPSA) is 154 Å². The smallest absolute Gasteiger partial charge is 0.387 e. The van der Waals surface area contributed by atoms with E-state index in [2.05, 4.69) is 8.92 Å². The lowest BCUT2D eigenvalue weighted by atomic mass is 10.00. The summed E-state index contributed by atoms with van der Waals surface area (Å²) in [6.45, 7) is -0.805. The lowest BCUT2D eigenvalue weighted by Crippen LogP contribution is -2.58. The molecule has 96 valence electrons. The summed E-state index contributed by atoms with van der Waals surface area (Å²) in [5.41, 5.74) is 0. The van der Waals surface area contributed by atoms with Crippen LogP contribution in [-0.4, -0.2) is 70.7 Å². The van der Waals surface area contributed by atoms with Gasteiger partial charge in [0.2, 0.25) is 0 Å². The molecule has 1 aliphatic heterocycles. The first-order chi connectivity index (χ1) is 7.22. The van der Waals surface area contributed by atoms with E-state index in [1.54, 1.807) is 0 Å². The van der Waals surface area contributed by atoms with Gasteiger partial charge < -0.3 is 25.2 Å². The highest BCUT2D eigenvalue weighted by Gasteiger charge is 2.43. The summed E-state index contributed by atoms with van der Waals surface area (Å²) in [7, 11) is -4.71. The molecule has 1 aliphatic rings. The predicted octanol–water partition coefficient (Wildman–Crippen LogP) is -3.39. The minimum atomic E-state index is -4.71. The molecule has 1 saturated heterocycles. The van der Waals surface area contributed by atoms with E-state index in [9.17, 15) is 18.6 Å². The lowest BCUT2D eigenvalue weighted by Gasteiger charge is -2.37. The zero-order chi connectivity index (χ0) is 12.5. The van der Waals surface area contributed by atoms with Crippen LogP contribution in [0.25, 0.3) is 0 Å². The number of hydrogen-bond donors (Lipinski definition) is 5. The molecule has 1 heterocycles. The summed E-state index contributed by atoms with van der Waals surface area (Å²) in [6, 6.07) is 0. The van der Waals surface area contributed by atoms with Crippen LogP contribution in [-0.2, 0) is 19.3 Å². The highest BCUT2D eigenvalue weighted by molar-refractivity contribution is 7.80. The molecule has 0 bridgehead atoms. The Morgan fingerprint density at radius 2 is 1.62 bits per heavy atom. The van der Waals surface area contributed by atoms with Gasteiger partial charge in [0.15, 0.2) is 6.29 Å². The molecule has 5 atom stereocenters. The Hall–Kier alpha value is -0.330. The molecule has 16 heavy (non-hydrogen) atoms. The second kappa shape index (κ2) is 4.89. The van der Waals surface area contributed by atoms with Gasteiger partial charge in [0.05, 0.1) is 6.61 Å². The molecule has 10 heteroatoms. The summed E-state index contributed by atoms with van der Waals surface area (Å²) in [6.07, 6.45) is -8.25. The maximum atomic E-state index is 10.2. The van der Waals surface area contributed by atoms with Crippen LogP contribution in [0.1, 0.15) is 0 Å². The molecule has 0 spiro atoms. The lowest BCUT2D eigenvalue weighted by molar-refractivity contribution is -0.285. The minimum Gasteiger partial charge on any atom is -0.387 e. The van der Waals surface area contributed by atoms with Crippen LogP contribution in [0.2, 0.25) is 0 Å². The van der Waals surface area contributed by atoms with Crippen LogP contribution in [0.3, 0.4) is 0 Å². The van der Waals surface area contributed by atoms with Crippen LogP contribution >= 0.6 is 0 Å². The third kappa shape index (κ3) is 3.33. The number of hydrogen-bond acceptors (Lipinski definition) is 8. The van der Waals surface area contributed by atoms with Gasteiger partial charge in [-0.15, -0.1) is 0 Å². The molecule has 1 fully saturated rings. The molecular weight excluding hydrogens is 248 g/mol. The highest BCUT2D eigenvalue weighted by atomic mass is 32.3. The van der Waals surface area contributed by atoms with Crippen molar-refractivity contribution in [3.63, 3.8) is 0 Å². The molecule has 1 rings (SSSR count). The molecular formula is C6H12O9S. The molecule has 0 aromatic rings. The van der Waals surface area contributed by atoms with E-state index in [4.69, 9.17) is 14.8 Å². The summed E-state index contributed by atoms with van der Waals surface area (Å²) in [4.78, 5) is 0. The molecule has 0 aliphatic carbocycles. The van der Waals surface area contributed by atoms with Gasteiger partial charge in [0, 0.05) is 0 Å². The fourth-order valence-corrected chi connectivity index (χ4v) is 1.53. The summed E-state index contributed by atoms with van der Waals surface area (Å²) in [5, 5.41) is 36.7. The van der Waals surface area contributed by atoms with Gasteiger partial charge in [-0.3, -0.25) is 4.55 Å². The van der Waals surface area contributed by atoms with Gasteiger partial charge in [-0.2, -0.15) is 8.42 Å². The largest absolute Gasteiger partial charge is 0.397 e. The number of aliphatic hydroxyl groups excluding tert-OH is 4. The van der Waals surface area contributed by atoms with E-state index in [1.165, 1.54) is 0 Å². The van der Waals surface area contributed by atoms with Gasteiger partial charge >= 0.3 is 10.4 Å². The van der Waals surface area contributed by atoms with Crippen LogP contribution in [0.5, 0.6) is 0 Å². The second-order valence-corrected chi connectivity index (χ2v) is 4.34. The third-order valence-corrected chi connectivity index (χ3v) is 2.50. The van der Waals surface area contributed by atoms with Crippen molar-refractivity contribution in [2.75, 3.05) is 6.61 Å². The van der Waals surface area contributed by atoms with Crippen LogP contribution in [0, 0.1) is 0 Å². The van der Waals surface area contributed by atoms with E-state index >= 15 is 0 Å². The fraction of sp³-hybridized carbons (Fsp3) is 1.00. The van der Waals surface area contributed by atoms with E-state index < -0.39 is 47.7 Å². The molecule has 5 N–H and O–H groups in total. The molecule has 0 aromatic heterocycles. The molecule has 9 nitrogen and oxygen atoms in total. The standard InChI is InChI=1S/C6H12O9S/c7-3-2(1-14-16(11,12)13)15-6(10)5(9)4(3)8/h2-10H,1H2,(H,11,12,13)/t2-,3-,4+,5+,6+/m1/s1. The average molecular weight is 260 g/mol. The molecule has 0 radical (unpaired) electrons. The predicted molar refractivity (Wildman–Crippen MR) is 46.4 cm³/mol. The molecule has 0 unspecified atom stereocenters. The Morgan fingerprint density at radius 3 is 2.12 bits per heavy atom. The Morgan fingerprint density at radius 1 is 1.06 bits per heavy atom. The fourth-order valence-electron chi connectivity index (χ4n) is 1.22. The normalized spacial score (nSPS) is 40.9. The Kier molecular flexibility index (Phi) is 4.20. The summed E-state index contributed by atoms with van der Waals surface area (Å²) in [5.74, 6) is 0. The average Bonchev–Trinajstić information content (AvgIpc) is 2.17. The van der Waals surface area contributed by atoms with Crippen LogP contribution in [0.15, 0.2) is 0 Å². The number of rotatable bonds is 3. The zero-order valence-electron chi connectivity index (χ0n) is 7.87. The maximum absolute atomic E-state index is 10.2. The van der Waals surface area contributed by atoms with Crippen molar-refractivity contribution in [2.24, 2.45) is 0 Å². The minimum absolute atomic E-state index is 0.805. The summed E-state index contributed by atoms with van der Waals surface area (Å²) >= 11 is 0. The van der Waals surface area contributed by atoms with Crippen molar-refractivity contribution < 1.29 is 42.3 Å². The molecule has 0 amide bonds. The third-order valence-electron chi connectivity index (χ3n) is 2.07. The maximum Gasteiger partial charge on any atom is 0.397 e. The Bertz CT molecular complexity index is 327. The Balaban J connectivity index is 2.61. The van der Waals surface area contributed by atoms with Crippen molar-refractivity contribution in [1.82, 2.24) is 0 Å². The first-order valence-corrected chi connectivity index (χ1v) is 5.58. The van der Waals surface area contributed by atoms with E-state index in [0.29, 0.717) is 0 Å². The van der Waals surface area contributed by atoms with Crippen molar-refractivity contribution in [2.45, 2.75) is 30.7 Å². The Labute approximate surface area is 90.8 Å². The van der Waals surface area contributed by atoms with Crippen LogP contribution in [0.4, 0.5) is 0 Å². The zero-order valence-corrected chi connectivity index (χ0v) is 8.69. The van der Waals surface area contributed by atoms with Gasteiger partial charge in [-0.25, -0.2) is 4.18 Å². The van der Waals surface area contributed by atoms with Gasteiger partial charge in [-0.1, -0.05) is 0 Å². The van der Waals surface area contributed by atoms with Gasteiger partial charge in [0.1, 0.15) is 24.4 Å². The van der Waals surface area contributed by atoms with E-state index in [1.807, 2.05) is 0 Å². The van der Waals surface area contributed by atoms with Crippen molar-refractivity contribution >= 4 is 10.4 Å².